The molecule has 4 heteroatoms. The maximum absolute atomic E-state index is 11.0. The van der Waals surface area contributed by atoms with Gasteiger partial charge in [-0.05, 0) is 102 Å². The van der Waals surface area contributed by atoms with Gasteiger partial charge in [0.2, 0.25) is 0 Å². The molecule has 0 aliphatic rings. The van der Waals surface area contributed by atoms with Gasteiger partial charge in [-0.1, -0.05) is 108 Å². The Morgan fingerprint density at radius 2 is 0.889 bits per heavy atom. The second kappa shape index (κ2) is 12.5. The summed E-state index contributed by atoms with van der Waals surface area (Å²) in [4.78, 5) is 4.37. The molecular weight excluding hydrogens is 657 g/mol. The van der Waals surface area contributed by atoms with E-state index in [1.807, 2.05) is 12.4 Å². The molecule has 10 rings (SSSR count). The van der Waals surface area contributed by atoms with Crippen LogP contribution >= 0.6 is 0 Å². The zero-order valence-corrected chi connectivity index (χ0v) is 30.0. The SMILES string of the molecule is Cc1ccc(-c2ccc3c(c2)c2ccccc2n3-c2cc(-c3ccncc3)c(-n3c4ccccc4c4cc(-c5ccc(C)cc5)ccc43)cc2C#N)cc1. The summed E-state index contributed by atoms with van der Waals surface area (Å²) in [5.41, 5.74) is 15.9. The zero-order valence-electron chi connectivity index (χ0n) is 30.0. The highest BCUT2D eigenvalue weighted by molar-refractivity contribution is 6.12. The van der Waals surface area contributed by atoms with Crippen LogP contribution < -0.4 is 0 Å². The number of fused-ring (bicyclic) bond motifs is 6. The first-order valence-electron chi connectivity index (χ1n) is 18.3. The first kappa shape index (κ1) is 31.5. The molecule has 0 N–H and O–H groups in total. The molecule has 0 saturated heterocycles. The van der Waals surface area contributed by atoms with Crippen LogP contribution in [0.3, 0.4) is 0 Å². The van der Waals surface area contributed by atoms with Crippen molar-refractivity contribution in [2.75, 3.05) is 0 Å². The lowest BCUT2D eigenvalue weighted by Crippen LogP contribution is -2.04. The molecule has 54 heavy (non-hydrogen) atoms. The Kier molecular flexibility index (Phi) is 7.28. The smallest absolute Gasteiger partial charge is 0.101 e. The summed E-state index contributed by atoms with van der Waals surface area (Å²) in [6.07, 6.45) is 3.67. The molecule has 254 valence electrons. The van der Waals surface area contributed by atoms with Gasteiger partial charge in [-0.3, -0.25) is 4.98 Å². The maximum Gasteiger partial charge on any atom is 0.101 e. The third-order valence-corrected chi connectivity index (χ3v) is 10.8. The van der Waals surface area contributed by atoms with E-state index >= 15 is 0 Å². The van der Waals surface area contributed by atoms with E-state index in [0.29, 0.717) is 5.56 Å². The van der Waals surface area contributed by atoms with Crippen molar-refractivity contribution < 1.29 is 0 Å². The standard InChI is InChI=1S/C50H34N4/c1-32-11-15-34(16-12-32)37-19-21-47-43(27-37)40-7-3-5-9-45(40)53(47)49-30-42(36-23-25-52-26-24-36)50(29-39(49)31-51)54-46-10-6-4-8-41(46)44-28-38(20-22-48(44)54)35-17-13-33(2)14-18-35/h3-30H,1-2H3. The van der Waals surface area contributed by atoms with Crippen LogP contribution in [0.4, 0.5) is 0 Å². The predicted molar refractivity (Wildman–Crippen MR) is 223 cm³/mol. The fourth-order valence-corrected chi connectivity index (χ4v) is 8.12. The summed E-state index contributed by atoms with van der Waals surface area (Å²) in [5.74, 6) is 0. The van der Waals surface area contributed by atoms with Crippen LogP contribution in [0.25, 0.3) is 88.4 Å². The molecule has 0 aliphatic heterocycles. The number of hydrogen-bond donors (Lipinski definition) is 0. The number of aryl methyl sites for hydroxylation is 2. The molecule has 3 heterocycles. The Morgan fingerprint density at radius 3 is 1.41 bits per heavy atom. The van der Waals surface area contributed by atoms with Crippen molar-refractivity contribution in [1.29, 1.82) is 5.26 Å². The van der Waals surface area contributed by atoms with Crippen LogP contribution in [-0.2, 0) is 0 Å². The van der Waals surface area contributed by atoms with Crippen molar-refractivity contribution in [3.8, 4) is 50.8 Å². The molecule has 4 nitrogen and oxygen atoms in total. The van der Waals surface area contributed by atoms with E-state index < -0.39 is 0 Å². The number of nitrogens with zero attached hydrogens (tertiary/aromatic N) is 4. The number of nitriles is 1. The van der Waals surface area contributed by atoms with Gasteiger partial charge in [0.05, 0.1) is 39.0 Å². The first-order chi connectivity index (χ1) is 26.6. The topological polar surface area (TPSA) is 46.5 Å². The van der Waals surface area contributed by atoms with E-state index in [1.54, 1.807) is 0 Å². The lowest BCUT2D eigenvalue weighted by atomic mass is 9.99. The highest BCUT2D eigenvalue weighted by atomic mass is 15.0. The van der Waals surface area contributed by atoms with Gasteiger partial charge in [0.25, 0.3) is 0 Å². The van der Waals surface area contributed by atoms with Gasteiger partial charge in [-0.25, -0.2) is 0 Å². The van der Waals surface area contributed by atoms with Crippen LogP contribution in [0, 0.1) is 25.2 Å². The third kappa shape index (κ3) is 5.02. The Morgan fingerprint density at radius 1 is 0.426 bits per heavy atom. The molecule has 7 aromatic carbocycles. The van der Waals surface area contributed by atoms with Gasteiger partial charge in [0, 0.05) is 39.5 Å². The summed E-state index contributed by atoms with van der Waals surface area (Å²) in [5, 5.41) is 15.6. The monoisotopic (exact) mass is 690 g/mol. The molecule has 0 amide bonds. The minimum Gasteiger partial charge on any atom is -0.309 e. The number of pyridine rings is 1. The van der Waals surface area contributed by atoms with E-state index in [0.717, 1.165) is 66.3 Å². The van der Waals surface area contributed by atoms with Gasteiger partial charge in [0.15, 0.2) is 0 Å². The summed E-state index contributed by atoms with van der Waals surface area (Å²) in [7, 11) is 0. The molecular formula is C50H34N4. The summed E-state index contributed by atoms with van der Waals surface area (Å²) in [6.45, 7) is 4.23. The van der Waals surface area contributed by atoms with Crippen molar-refractivity contribution in [1.82, 2.24) is 14.1 Å². The van der Waals surface area contributed by atoms with Crippen molar-refractivity contribution in [3.05, 3.63) is 187 Å². The highest BCUT2D eigenvalue weighted by Crippen LogP contribution is 2.42. The summed E-state index contributed by atoms with van der Waals surface area (Å²) < 4.78 is 4.58. The quantitative estimate of drug-likeness (QED) is 0.180. The van der Waals surface area contributed by atoms with E-state index in [-0.39, 0.29) is 0 Å². The molecule has 0 aliphatic carbocycles. The molecule has 0 fully saturated rings. The molecule has 0 unspecified atom stereocenters. The minimum absolute atomic E-state index is 0.593. The predicted octanol–water partition coefficient (Wildman–Crippen LogP) is 12.8. The van der Waals surface area contributed by atoms with Crippen molar-refractivity contribution in [3.63, 3.8) is 0 Å². The van der Waals surface area contributed by atoms with Crippen LogP contribution in [0.5, 0.6) is 0 Å². The average Bonchev–Trinajstić information content (AvgIpc) is 3.73. The molecule has 0 saturated carbocycles. The molecule has 0 spiro atoms. The van der Waals surface area contributed by atoms with Gasteiger partial charge in [0.1, 0.15) is 6.07 Å². The first-order valence-corrected chi connectivity index (χ1v) is 18.3. The number of benzene rings is 7. The van der Waals surface area contributed by atoms with Crippen molar-refractivity contribution in [2.45, 2.75) is 13.8 Å². The molecule has 0 atom stereocenters. The zero-order chi connectivity index (χ0) is 36.3. The van der Waals surface area contributed by atoms with Gasteiger partial charge in [-0.2, -0.15) is 5.26 Å². The number of aromatic nitrogens is 3. The van der Waals surface area contributed by atoms with E-state index in [9.17, 15) is 5.26 Å². The van der Waals surface area contributed by atoms with Crippen LogP contribution in [-0.4, -0.2) is 14.1 Å². The van der Waals surface area contributed by atoms with E-state index in [4.69, 9.17) is 0 Å². The molecule has 0 radical (unpaired) electrons. The van der Waals surface area contributed by atoms with Crippen LogP contribution in [0.1, 0.15) is 16.7 Å². The van der Waals surface area contributed by atoms with E-state index in [2.05, 4.69) is 192 Å². The Hall–Kier alpha value is -7.22. The van der Waals surface area contributed by atoms with Crippen LogP contribution in [0.15, 0.2) is 170 Å². The van der Waals surface area contributed by atoms with Gasteiger partial charge >= 0.3 is 0 Å². The minimum atomic E-state index is 0.593. The Labute approximate surface area is 313 Å². The summed E-state index contributed by atoms with van der Waals surface area (Å²) >= 11 is 0. The lowest BCUT2D eigenvalue weighted by Gasteiger charge is -2.19. The fourth-order valence-electron chi connectivity index (χ4n) is 8.12. The summed E-state index contributed by atoms with van der Waals surface area (Å²) in [6, 6.07) is 58.8. The van der Waals surface area contributed by atoms with Crippen molar-refractivity contribution in [2.24, 2.45) is 0 Å². The van der Waals surface area contributed by atoms with Crippen LogP contribution in [0.2, 0.25) is 0 Å². The number of hydrogen-bond acceptors (Lipinski definition) is 2. The number of para-hydroxylation sites is 2. The van der Waals surface area contributed by atoms with E-state index in [1.165, 1.54) is 33.2 Å². The van der Waals surface area contributed by atoms with Gasteiger partial charge in [-0.15, -0.1) is 0 Å². The maximum atomic E-state index is 11.0. The largest absolute Gasteiger partial charge is 0.309 e. The third-order valence-electron chi connectivity index (χ3n) is 10.8. The molecule has 3 aromatic heterocycles. The molecule has 0 bridgehead atoms. The molecule has 10 aromatic rings. The van der Waals surface area contributed by atoms with Gasteiger partial charge < -0.3 is 9.13 Å². The second-order valence-electron chi connectivity index (χ2n) is 14.1. The van der Waals surface area contributed by atoms with Crippen molar-refractivity contribution >= 4 is 43.6 Å². The Balaban J connectivity index is 1.25. The number of rotatable bonds is 5. The highest BCUT2D eigenvalue weighted by Gasteiger charge is 2.22. The fraction of sp³-hybridized carbons (Fsp3) is 0.0400. The average molecular weight is 691 g/mol. The normalized spacial score (nSPS) is 11.5. The second-order valence-corrected chi connectivity index (χ2v) is 14.1. The Bertz CT molecular complexity index is 3100. The lowest BCUT2D eigenvalue weighted by molar-refractivity contribution is 1.13.